The molecule has 0 spiro atoms. The number of piperidine rings is 1. The van der Waals surface area contributed by atoms with E-state index >= 15 is 0 Å². The van der Waals surface area contributed by atoms with Crippen molar-refractivity contribution in [3.63, 3.8) is 0 Å². The number of amides is 3. The van der Waals surface area contributed by atoms with E-state index in [9.17, 15) is 14.4 Å². The molecule has 2 N–H and O–H groups in total. The molecule has 4 rings (SSSR count). The lowest BCUT2D eigenvalue weighted by Gasteiger charge is -2.42. The molecule has 7 nitrogen and oxygen atoms in total. The van der Waals surface area contributed by atoms with E-state index in [-0.39, 0.29) is 17.4 Å². The van der Waals surface area contributed by atoms with Crippen LogP contribution in [0.4, 0.5) is 9.59 Å². The molecule has 1 aromatic carbocycles. The zero-order valence-corrected chi connectivity index (χ0v) is 21.1. The normalized spacial score (nSPS) is 23.1. The quantitative estimate of drug-likeness (QED) is 0.555. The second kappa shape index (κ2) is 10.5. The van der Waals surface area contributed by atoms with Gasteiger partial charge in [-0.25, -0.2) is 4.79 Å². The van der Waals surface area contributed by atoms with Gasteiger partial charge in [-0.15, -0.1) is 0 Å². The third-order valence-corrected chi connectivity index (χ3v) is 7.60. The highest BCUT2D eigenvalue weighted by molar-refractivity contribution is 8.18. The van der Waals surface area contributed by atoms with E-state index in [4.69, 9.17) is 4.74 Å². The SMILES string of the molecule is CC(C)(C)N(C(=O)Oc1c(C=C2SC(=O)NC2=O)cccc1C1CCCCC1)C1CCCNC1. The number of carbonyl (C=O) groups is 3. The van der Waals surface area contributed by atoms with Gasteiger partial charge in [-0.3, -0.25) is 19.8 Å². The average molecular weight is 486 g/mol. The summed E-state index contributed by atoms with van der Waals surface area (Å²) < 4.78 is 6.23. The van der Waals surface area contributed by atoms with E-state index in [2.05, 4.69) is 10.6 Å². The van der Waals surface area contributed by atoms with Crippen LogP contribution in [0.15, 0.2) is 23.1 Å². The van der Waals surface area contributed by atoms with Crippen molar-refractivity contribution >= 4 is 35.1 Å². The summed E-state index contributed by atoms with van der Waals surface area (Å²) in [5.41, 5.74) is 1.25. The maximum absolute atomic E-state index is 13.7. The van der Waals surface area contributed by atoms with E-state index in [0.29, 0.717) is 22.1 Å². The maximum Gasteiger partial charge on any atom is 0.415 e. The molecule has 2 saturated heterocycles. The Balaban J connectivity index is 1.71. The molecule has 0 aromatic heterocycles. The van der Waals surface area contributed by atoms with Crippen LogP contribution < -0.4 is 15.4 Å². The molecule has 1 unspecified atom stereocenters. The van der Waals surface area contributed by atoms with Gasteiger partial charge in [0.05, 0.1) is 4.91 Å². The summed E-state index contributed by atoms with van der Waals surface area (Å²) in [5, 5.41) is 5.31. The molecule has 34 heavy (non-hydrogen) atoms. The van der Waals surface area contributed by atoms with Crippen molar-refractivity contribution < 1.29 is 19.1 Å². The number of benzene rings is 1. The number of carbonyl (C=O) groups excluding carboxylic acids is 3. The highest BCUT2D eigenvalue weighted by Crippen LogP contribution is 2.41. The van der Waals surface area contributed by atoms with Crippen LogP contribution in [0.5, 0.6) is 5.75 Å². The van der Waals surface area contributed by atoms with Crippen LogP contribution in [0, 0.1) is 0 Å². The van der Waals surface area contributed by atoms with E-state index in [0.717, 1.165) is 68.9 Å². The average Bonchev–Trinajstić information content (AvgIpc) is 3.11. The van der Waals surface area contributed by atoms with E-state index in [1.807, 2.05) is 43.9 Å². The first-order valence-corrected chi connectivity index (χ1v) is 13.2. The largest absolute Gasteiger partial charge is 0.415 e. The van der Waals surface area contributed by atoms with Crippen LogP contribution in [0.3, 0.4) is 0 Å². The van der Waals surface area contributed by atoms with Crippen LogP contribution in [-0.4, -0.2) is 46.8 Å². The number of hydrogen-bond donors (Lipinski definition) is 2. The van der Waals surface area contributed by atoms with Gasteiger partial charge < -0.3 is 10.1 Å². The van der Waals surface area contributed by atoms with Gasteiger partial charge in [-0.05, 0) is 82.3 Å². The minimum absolute atomic E-state index is 0.0543. The summed E-state index contributed by atoms with van der Waals surface area (Å²) in [6, 6.07) is 5.89. The molecule has 184 valence electrons. The molecule has 0 radical (unpaired) electrons. The van der Waals surface area contributed by atoms with Crippen LogP contribution in [0.2, 0.25) is 0 Å². The first-order chi connectivity index (χ1) is 16.2. The third kappa shape index (κ3) is 5.66. The molecule has 1 aliphatic carbocycles. The van der Waals surface area contributed by atoms with Gasteiger partial charge in [0.1, 0.15) is 5.75 Å². The Bertz CT molecular complexity index is 973. The fourth-order valence-electron chi connectivity index (χ4n) is 5.26. The van der Waals surface area contributed by atoms with Crippen molar-refractivity contribution in [2.45, 2.75) is 83.2 Å². The van der Waals surface area contributed by atoms with Gasteiger partial charge in [-0.1, -0.05) is 37.5 Å². The van der Waals surface area contributed by atoms with Crippen LogP contribution in [0.1, 0.15) is 82.8 Å². The first-order valence-electron chi connectivity index (χ1n) is 12.3. The van der Waals surface area contributed by atoms with Crippen molar-refractivity contribution in [2.75, 3.05) is 13.1 Å². The summed E-state index contributed by atoms with van der Waals surface area (Å²) in [5.74, 6) is 0.402. The van der Waals surface area contributed by atoms with Crippen molar-refractivity contribution in [2.24, 2.45) is 0 Å². The number of thioether (sulfide) groups is 1. The van der Waals surface area contributed by atoms with Gasteiger partial charge in [0.2, 0.25) is 0 Å². The Morgan fingerprint density at radius 1 is 1.12 bits per heavy atom. The third-order valence-electron chi connectivity index (χ3n) is 6.79. The Morgan fingerprint density at radius 2 is 1.88 bits per heavy atom. The van der Waals surface area contributed by atoms with Crippen molar-refractivity contribution in [3.05, 3.63) is 34.2 Å². The van der Waals surface area contributed by atoms with Gasteiger partial charge in [0.25, 0.3) is 11.1 Å². The number of hydrogen-bond acceptors (Lipinski definition) is 6. The number of ether oxygens (including phenoxy) is 1. The number of imide groups is 1. The number of nitrogens with one attached hydrogen (secondary N) is 2. The van der Waals surface area contributed by atoms with Crippen molar-refractivity contribution in [1.82, 2.24) is 15.5 Å². The van der Waals surface area contributed by atoms with Gasteiger partial charge in [-0.2, -0.15) is 0 Å². The minimum Gasteiger partial charge on any atom is -0.409 e. The Kier molecular flexibility index (Phi) is 7.67. The summed E-state index contributed by atoms with van der Waals surface area (Å²) in [6.45, 7) is 7.80. The number of rotatable bonds is 4. The minimum atomic E-state index is -0.417. The molecule has 0 bridgehead atoms. The second-order valence-electron chi connectivity index (χ2n) is 10.4. The molecule has 3 amide bonds. The molecular weight excluding hydrogens is 450 g/mol. The lowest BCUT2D eigenvalue weighted by Crippen LogP contribution is -2.57. The number of para-hydroxylation sites is 1. The van der Waals surface area contributed by atoms with E-state index in [1.54, 1.807) is 6.08 Å². The van der Waals surface area contributed by atoms with Crippen LogP contribution >= 0.6 is 11.8 Å². The predicted molar refractivity (Wildman–Crippen MR) is 135 cm³/mol. The number of nitrogens with zero attached hydrogens (tertiary/aromatic N) is 1. The Hall–Kier alpha value is -2.32. The smallest absolute Gasteiger partial charge is 0.409 e. The Morgan fingerprint density at radius 3 is 2.50 bits per heavy atom. The molecule has 3 fully saturated rings. The van der Waals surface area contributed by atoms with Gasteiger partial charge in [0.15, 0.2) is 0 Å². The van der Waals surface area contributed by atoms with Crippen molar-refractivity contribution in [1.29, 1.82) is 0 Å². The summed E-state index contributed by atoms with van der Waals surface area (Å²) in [7, 11) is 0. The summed E-state index contributed by atoms with van der Waals surface area (Å²) in [4.78, 5) is 39.8. The lowest BCUT2D eigenvalue weighted by atomic mass is 9.83. The summed E-state index contributed by atoms with van der Waals surface area (Å²) >= 11 is 0.873. The summed E-state index contributed by atoms with van der Waals surface area (Å²) in [6.07, 6.45) is 8.87. The molecule has 1 saturated carbocycles. The second-order valence-corrected chi connectivity index (χ2v) is 11.4. The van der Waals surface area contributed by atoms with Gasteiger partial charge in [0, 0.05) is 23.7 Å². The van der Waals surface area contributed by atoms with E-state index < -0.39 is 11.4 Å². The van der Waals surface area contributed by atoms with Crippen LogP contribution in [-0.2, 0) is 4.79 Å². The molecule has 2 heterocycles. The van der Waals surface area contributed by atoms with Crippen LogP contribution in [0.25, 0.3) is 6.08 Å². The zero-order valence-electron chi connectivity index (χ0n) is 20.3. The van der Waals surface area contributed by atoms with Crippen molar-refractivity contribution in [3.8, 4) is 5.75 Å². The molecule has 1 atom stereocenters. The highest BCUT2D eigenvalue weighted by atomic mass is 32.2. The predicted octanol–water partition coefficient (Wildman–Crippen LogP) is 5.41. The van der Waals surface area contributed by atoms with E-state index in [1.165, 1.54) is 6.42 Å². The molecule has 3 aliphatic rings. The molecule has 2 aliphatic heterocycles. The monoisotopic (exact) mass is 485 g/mol. The topological polar surface area (TPSA) is 87.7 Å². The Labute approximate surface area is 206 Å². The molecular formula is C26H35N3O4S. The van der Waals surface area contributed by atoms with Gasteiger partial charge >= 0.3 is 6.09 Å². The maximum atomic E-state index is 13.7. The highest BCUT2D eigenvalue weighted by Gasteiger charge is 2.36. The first kappa shape index (κ1) is 24.8. The zero-order chi connectivity index (χ0) is 24.3. The molecule has 1 aromatic rings. The fraction of sp³-hybridized carbons (Fsp3) is 0.577. The molecule has 8 heteroatoms. The standard InChI is InChI=1S/C26H35N3O4S/c1-26(2,3)29(19-12-8-14-27-16-19)25(32)33-22-18(15-21-23(30)28-24(31)34-21)11-7-13-20(22)17-9-5-4-6-10-17/h7,11,13,15,17,19,27H,4-6,8-10,12,14,16H2,1-3H3,(H,28,30,31). The lowest BCUT2D eigenvalue weighted by molar-refractivity contribution is -0.115. The fourth-order valence-corrected chi connectivity index (χ4v) is 5.94.